The maximum absolute atomic E-state index is 12.1. The molecule has 0 aromatic heterocycles. The summed E-state index contributed by atoms with van der Waals surface area (Å²) in [6.07, 6.45) is 0. The fourth-order valence-electron chi connectivity index (χ4n) is 1.83. The van der Waals surface area contributed by atoms with Gasteiger partial charge in [-0.25, -0.2) is 0 Å². The molecule has 0 aliphatic rings. The molecule has 0 amide bonds. The van der Waals surface area contributed by atoms with Gasteiger partial charge in [-0.3, -0.25) is 9.69 Å². The number of ether oxygens (including phenoxy) is 1. The predicted molar refractivity (Wildman–Crippen MR) is 78.9 cm³/mol. The molecule has 3 heteroatoms. The van der Waals surface area contributed by atoms with E-state index in [2.05, 4.69) is 13.8 Å². The van der Waals surface area contributed by atoms with Gasteiger partial charge >= 0.3 is 0 Å². The molecule has 0 aliphatic carbocycles. The van der Waals surface area contributed by atoms with E-state index < -0.39 is 0 Å². The Morgan fingerprint density at radius 2 is 1.89 bits per heavy atom. The van der Waals surface area contributed by atoms with Crippen LogP contribution in [-0.4, -0.2) is 44.0 Å². The molecule has 0 aliphatic heterocycles. The highest BCUT2D eigenvalue weighted by molar-refractivity contribution is 5.97. The normalized spacial score (nSPS) is 11.3. The summed E-state index contributed by atoms with van der Waals surface area (Å²) in [6.45, 7) is 8.89. The minimum atomic E-state index is 0.161. The van der Waals surface area contributed by atoms with Crippen molar-refractivity contribution in [3.05, 3.63) is 35.4 Å². The molecule has 0 radical (unpaired) electrons. The van der Waals surface area contributed by atoms with E-state index in [0.29, 0.717) is 19.1 Å². The zero-order valence-electron chi connectivity index (χ0n) is 12.5. The van der Waals surface area contributed by atoms with Crippen molar-refractivity contribution in [2.24, 2.45) is 0 Å². The van der Waals surface area contributed by atoms with Gasteiger partial charge in [-0.05, 0) is 25.5 Å². The molecule has 3 nitrogen and oxygen atoms in total. The molecule has 0 unspecified atom stereocenters. The van der Waals surface area contributed by atoms with Gasteiger partial charge in [-0.15, -0.1) is 0 Å². The third-order valence-corrected chi connectivity index (χ3v) is 3.13. The van der Waals surface area contributed by atoms with Crippen LogP contribution in [0.5, 0.6) is 0 Å². The van der Waals surface area contributed by atoms with E-state index in [1.807, 2.05) is 43.1 Å². The van der Waals surface area contributed by atoms with E-state index in [9.17, 15) is 4.79 Å². The van der Waals surface area contributed by atoms with Crippen LogP contribution in [0, 0.1) is 0 Å². The summed E-state index contributed by atoms with van der Waals surface area (Å²) in [5, 5.41) is 0. The largest absolute Gasteiger partial charge is 0.380 e. The molecule has 1 rings (SSSR count). The Balaban J connectivity index is 2.48. The molecule has 1 aromatic rings. The number of likely N-dealkylation sites (N-methyl/N-ethyl adjacent to an activating group) is 1. The average Bonchev–Trinajstić information content (AvgIpc) is 2.39. The van der Waals surface area contributed by atoms with Gasteiger partial charge in [0.25, 0.3) is 0 Å². The van der Waals surface area contributed by atoms with Crippen LogP contribution >= 0.6 is 0 Å². The number of carbonyl (C=O) groups excluding carboxylic acids is 1. The van der Waals surface area contributed by atoms with E-state index >= 15 is 0 Å². The number of benzene rings is 1. The molecule has 0 heterocycles. The second-order valence-electron chi connectivity index (χ2n) is 5.13. The number of rotatable bonds is 8. The summed E-state index contributed by atoms with van der Waals surface area (Å²) in [4.78, 5) is 14.1. The Labute approximate surface area is 116 Å². The Bertz CT molecular complexity index is 384. The van der Waals surface area contributed by atoms with E-state index in [4.69, 9.17) is 4.74 Å². The second-order valence-corrected chi connectivity index (χ2v) is 5.13. The van der Waals surface area contributed by atoms with Crippen LogP contribution in [0.4, 0.5) is 0 Å². The zero-order valence-corrected chi connectivity index (χ0v) is 12.5. The fourth-order valence-corrected chi connectivity index (χ4v) is 1.83. The van der Waals surface area contributed by atoms with Gasteiger partial charge in [0.15, 0.2) is 5.78 Å². The van der Waals surface area contributed by atoms with Gasteiger partial charge in [-0.2, -0.15) is 0 Å². The lowest BCUT2D eigenvalue weighted by atomic mass is 10.0. The molecule has 0 saturated heterocycles. The van der Waals surface area contributed by atoms with E-state index in [1.54, 1.807) is 0 Å². The number of hydrogen-bond acceptors (Lipinski definition) is 3. The Kier molecular flexibility index (Phi) is 6.74. The van der Waals surface area contributed by atoms with Gasteiger partial charge in [-0.1, -0.05) is 38.1 Å². The number of hydrogen-bond donors (Lipinski definition) is 0. The monoisotopic (exact) mass is 263 g/mol. The SMILES string of the molecule is CCOCCN(C)CC(=O)c1ccc(C(C)C)cc1. The molecule has 0 fully saturated rings. The van der Waals surface area contributed by atoms with Gasteiger partial charge in [0.05, 0.1) is 13.2 Å². The Hall–Kier alpha value is -1.19. The lowest BCUT2D eigenvalue weighted by molar-refractivity contribution is 0.0896. The number of Topliss-reactive ketones (excluding diaryl/α,β-unsaturated/α-hetero) is 1. The van der Waals surface area contributed by atoms with Crippen molar-refractivity contribution in [3.8, 4) is 0 Å². The topological polar surface area (TPSA) is 29.5 Å². The van der Waals surface area contributed by atoms with Crippen molar-refractivity contribution in [2.75, 3.05) is 33.4 Å². The number of nitrogens with zero attached hydrogens (tertiary/aromatic N) is 1. The molecule has 106 valence electrons. The average molecular weight is 263 g/mol. The second kappa shape index (κ2) is 8.08. The Morgan fingerprint density at radius 3 is 2.42 bits per heavy atom. The van der Waals surface area contributed by atoms with Crippen LogP contribution in [0.25, 0.3) is 0 Å². The summed E-state index contributed by atoms with van der Waals surface area (Å²) < 4.78 is 5.28. The molecule has 1 aromatic carbocycles. The van der Waals surface area contributed by atoms with Crippen molar-refractivity contribution in [2.45, 2.75) is 26.7 Å². The third-order valence-electron chi connectivity index (χ3n) is 3.13. The first-order chi connectivity index (χ1) is 9.04. The van der Waals surface area contributed by atoms with Gasteiger partial charge in [0.1, 0.15) is 0 Å². The standard InChI is InChI=1S/C16H25NO2/c1-5-19-11-10-17(4)12-16(18)15-8-6-14(7-9-15)13(2)3/h6-9,13H,5,10-12H2,1-4H3. The Morgan fingerprint density at radius 1 is 1.26 bits per heavy atom. The van der Waals surface area contributed by atoms with Gasteiger partial charge in [0, 0.05) is 18.7 Å². The summed E-state index contributed by atoms with van der Waals surface area (Å²) in [5.74, 6) is 0.660. The summed E-state index contributed by atoms with van der Waals surface area (Å²) >= 11 is 0. The summed E-state index contributed by atoms with van der Waals surface area (Å²) in [6, 6.07) is 7.93. The maximum Gasteiger partial charge on any atom is 0.176 e. The zero-order chi connectivity index (χ0) is 14.3. The van der Waals surface area contributed by atoms with E-state index in [-0.39, 0.29) is 5.78 Å². The molecular weight excluding hydrogens is 238 g/mol. The highest BCUT2D eigenvalue weighted by atomic mass is 16.5. The fraction of sp³-hybridized carbons (Fsp3) is 0.562. The number of ketones is 1. The quantitative estimate of drug-likeness (QED) is 0.533. The van der Waals surface area contributed by atoms with Gasteiger partial charge < -0.3 is 4.74 Å². The summed E-state index contributed by atoms with van der Waals surface area (Å²) in [5.41, 5.74) is 2.05. The lowest BCUT2D eigenvalue weighted by Gasteiger charge is -2.15. The van der Waals surface area contributed by atoms with Crippen molar-refractivity contribution < 1.29 is 9.53 Å². The molecular formula is C16H25NO2. The van der Waals surface area contributed by atoms with Crippen molar-refractivity contribution in [1.82, 2.24) is 4.90 Å². The van der Waals surface area contributed by atoms with E-state index in [1.165, 1.54) is 5.56 Å². The van der Waals surface area contributed by atoms with Crippen LogP contribution in [0.3, 0.4) is 0 Å². The first-order valence-corrected chi connectivity index (χ1v) is 6.94. The summed E-state index contributed by atoms with van der Waals surface area (Å²) in [7, 11) is 1.94. The first-order valence-electron chi connectivity index (χ1n) is 6.94. The van der Waals surface area contributed by atoms with Crippen LogP contribution in [0.1, 0.15) is 42.6 Å². The molecule has 0 spiro atoms. The molecule has 0 saturated carbocycles. The maximum atomic E-state index is 12.1. The molecule has 0 N–H and O–H groups in total. The highest BCUT2D eigenvalue weighted by Crippen LogP contribution is 2.15. The van der Waals surface area contributed by atoms with Crippen LogP contribution in [-0.2, 0) is 4.74 Å². The van der Waals surface area contributed by atoms with Gasteiger partial charge in [0.2, 0.25) is 0 Å². The van der Waals surface area contributed by atoms with Crippen molar-refractivity contribution in [1.29, 1.82) is 0 Å². The first kappa shape index (κ1) is 15.9. The van der Waals surface area contributed by atoms with Crippen LogP contribution in [0.15, 0.2) is 24.3 Å². The molecule has 19 heavy (non-hydrogen) atoms. The highest BCUT2D eigenvalue weighted by Gasteiger charge is 2.09. The molecule has 0 bridgehead atoms. The smallest absolute Gasteiger partial charge is 0.176 e. The number of carbonyl (C=O) groups is 1. The van der Waals surface area contributed by atoms with Crippen LogP contribution < -0.4 is 0 Å². The van der Waals surface area contributed by atoms with Crippen molar-refractivity contribution in [3.63, 3.8) is 0 Å². The third kappa shape index (κ3) is 5.53. The minimum Gasteiger partial charge on any atom is -0.380 e. The predicted octanol–water partition coefficient (Wildman–Crippen LogP) is 2.96. The van der Waals surface area contributed by atoms with E-state index in [0.717, 1.165) is 18.7 Å². The van der Waals surface area contributed by atoms with Crippen molar-refractivity contribution >= 4 is 5.78 Å². The van der Waals surface area contributed by atoms with Crippen LogP contribution in [0.2, 0.25) is 0 Å². The lowest BCUT2D eigenvalue weighted by Crippen LogP contribution is -2.29. The minimum absolute atomic E-state index is 0.161. The molecule has 0 atom stereocenters.